The Balaban J connectivity index is 0.000000211. The largest absolute Gasteiger partial charge is 0.304 e. The fourth-order valence-corrected chi connectivity index (χ4v) is 3.49. The molecule has 0 amide bonds. The first-order valence-corrected chi connectivity index (χ1v) is 8.88. The molecular weight excluding hydrogens is 276 g/mol. The Morgan fingerprint density at radius 2 is 1.52 bits per heavy atom. The first kappa shape index (κ1) is 18.8. The maximum Gasteiger partial charge on any atom is 0.0126 e. The van der Waals surface area contributed by atoms with E-state index in [1.807, 2.05) is 11.8 Å². The van der Waals surface area contributed by atoms with Gasteiger partial charge in [-0.25, -0.2) is 0 Å². The average Bonchev–Trinajstić information content (AvgIpc) is 2.79. The lowest BCUT2D eigenvalue weighted by molar-refractivity contribution is 0.0735. The molecule has 0 aromatic carbocycles. The average molecular weight is 311 g/mol. The molecule has 0 N–H and O–H groups in total. The number of allylic oxidation sites excluding steroid dienone is 4. The van der Waals surface area contributed by atoms with Crippen molar-refractivity contribution in [3.05, 3.63) is 23.1 Å². The minimum Gasteiger partial charge on any atom is -0.304 e. The summed E-state index contributed by atoms with van der Waals surface area (Å²) < 4.78 is 0.373. The van der Waals surface area contributed by atoms with Crippen molar-refractivity contribution in [1.29, 1.82) is 0 Å². The lowest BCUT2D eigenvalue weighted by Crippen LogP contribution is -2.52. The number of nitrogens with zero attached hydrogens (tertiary/aromatic N) is 2. The topological polar surface area (TPSA) is 6.48 Å². The third-order valence-corrected chi connectivity index (χ3v) is 4.80. The second-order valence-corrected chi connectivity index (χ2v) is 9.89. The van der Waals surface area contributed by atoms with Gasteiger partial charge in [-0.3, -0.25) is 4.90 Å². The zero-order valence-corrected chi connectivity index (χ0v) is 15.9. The molecule has 0 spiro atoms. The lowest BCUT2D eigenvalue weighted by Gasteiger charge is -2.41. The summed E-state index contributed by atoms with van der Waals surface area (Å²) in [5, 5.41) is 0. The standard InChI is InChI=1S/C9H20N2.C9H14S/c1-9(2,3)11-7-5-10(4)6-8-11;1-9(2,3)10-8-6-4-5-7-8/h5-8H2,1-4H3;4-6H,7H2,1-3H3. The van der Waals surface area contributed by atoms with Gasteiger partial charge in [0.05, 0.1) is 0 Å². The van der Waals surface area contributed by atoms with Crippen LogP contribution in [0.5, 0.6) is 0 Å². The summed E-state index contributed by atoms with van der Waals surface area (Å²) >= 11 is 1.96. The SMILES string of the molecule is CC(C)(C)SC1=CC=CC1.CN1CCN(C(C)(C)C)CC1. The summed E-state index contributed by atoms with van der Waals surface area (Å²) in [7, 11) is 2.19. The number of hydrogen-bond donors (Lipinski definition) is 0. The fourth-order valence-electron chi connectivity index (χ4n) is 2.37. The molecule has 0 atom stereocenters. The Labute approximate surface area is 136 Å². The van der Waals surface area contributed by atoms with Crippen LogP contribution < -0.4 is 0 Å². The molecule has 1 heterocycles. The van der Waals surface area contributed by atoms with Crippen molar-refractivity contribution in [3.63, 3.8) is 0 Å². The van der Waals surface area contributed by atoms with Gasteiger partial charge in [0, 0.05) is 36.5 Å². The Hall–Kier alpha value is -0.250. The number of hydrogen-bond acceptors (Lipinski definition) is 3. The monoisotopic (exact) mass is 310 g/mol. The van der Waals surface area contributed by atoms with E-state index in [9.17, 15) is 0 Å². The highest BCUT2D eigenvalue weighted by atomic mass is 32.2. The summed E-state index contributed by atoms with van der Waals surface area (Å²) in [6.45, 7) is 18.5. The molecule has 0 saturated carbocycles. The Kier molecular flexibility index (Phi) is 7.02. The lowest BCUT2D eigenvalue weighted by atomic mass is 10.1. The van der Waals surface area contributed by atoms with Crippen molar-refractivity contribution < 1.29 is 0 Å². The minimum atomic E-state index is 0.362. The molecule has 3 heteroatoms. The van der Waals surface area contributed by atoms with Crippen LogP contribution in [-0.4, -0.2) is 53.3 Å². The maximum atomic E-state index is 2.55. The van der Waals surface area contributed by atoms with Gasteiger partial charge in [-0.2, -0.15) is 0 Å². The zero-order chi connectivity index (χ0) is 16.1. The second-order valence-electron chi connectivity index (χ2n) is 7.94. The summed E-state index contributed by atoms with van der Waals surface area (Å²) in [6, 6.07) is 0. The van der Waals surface area contributed by atoms with Crippen LogP contribution in [-0.2, 0) is 0 Å². The summed E-state index contributed by atoms with van der Waals surface area (Å²) in [6.07, 6.45) is 7.68. The van der Waals surface area contributed by atoms with Gasteiger partial charge in [0.1, 0.15) is 0 Å². The summed E-state index contributed by atoms with van der Waals surface area (Å²) in [5.74, 6) is 0. The van der Waals surface area contributed by atoms with Gasteiger partial charge in [0.2, 0.25) is 0 Å². The molecule has 21 heavy (non-hydrogen) atoms. The molecule has 0 unspecified atom stereocenters. The second kappa shape index (κ2) is 7.85. The van der Waals surface area contributed by atoms with Crippen molar-refractivity contribution in [2.75, 3.05) is 33.2 Å². The Morgan fingerprint density at radius 3 is 1.90 bits per heavy atom. The third kappa shape index (κ3) is 8.08. The molecule has 0 radical (unpaired) electrons. The van der Waals surface area contributed by atoms with Crippen LogP contribution in [0.3, 0.4) is 0 Å². The number of piperazine rings is 1. The van der Waals surface area contributed by atoms with Crippen LogP contribution in [0.15, 0.2) is 23.1 Å². The highest BCUT2D eigenvalue weighted by Gasteiger charge is 2.23. The molecule has 2 rings (SSSR count). The van der Waals surface area contributed by atoms with Crippen LogP contribution in [0.1, 0.15) is 48.0 Å². The van der Waals surface area contributed by atoms with E-state index in [0.717, 1.165) is 6.42 Å². The molecule has 122 valence electrons. The Bertz CT molecular complexity index is 364. The quantitative estimate of drug-likeness (QED) is 0.709. The molecule has 0 aromatic rings. The van der Waals surface area contributed by atoms with E-state index in [4.69, 9.17) is 0 Å². The van der Waals surface area contributed by atoms with Crippen LogP contribution in [0.25, 0.3) is 0 Å². The predicted octanol–water partition coefficient (Wildman–Crippen LogP) is 4.39. The van der Waals surface area contributed by atoms with E-state index in [2.05, 4.69) is 76.6 Å². The molecule has 1 saturated heterocycles. The molecule has 1 aliphatic heterocycles. The van der Waals surface area contributed by atoms with Gasteiger partial charge < -0.3 is 4.90 Å². The van der Waals surface area contributed by atoms with E-state index < -0.39 is 0 Å². The molecule has 0 aromatic heterocycles. The zero-order valence-electron chi connectivity index (χ0n) is 15.1. The van der Waals surface area contributed by atoms with E-state index >= 15 is 0 Å². The van der Waals surface area contributed by atoms with E-state index in [1.54, 1.807) is 0 Å². The van der Waals surface area contributed by atoms with Crippen LogP contribution in [0.4, 0.5) is 0 Å². The molecule has 1 aliphatic carbocycles. The van der Waals surface area contributed by atoms with Gasteiger partial charge in [-0.1, -0.05) is 39.0 Å². The van der Waals surface area contributed by atoms with Gasteiger partial charge in [-0.05, 0) is 39.1 Å². The highest BCUT2D eigenvalue weighted by Crippen LogP contribution is 2.34. The Morgan fingerprint density at radius 1 is 0.952 bits per heavy atom. The minimum absolute atomic E-state index is 0.362. The van der Waals surface area contributed by atoms with Crippen molar-refractivity contribution in [2.24, 2.45) is 0 Å². The van der Waals surface area contributed by atoms with Crippen molar-refractivity contribution in [3.8, 4) is 0 Å². The molecule has 2 nitrogen and oxygen atoms in total. The van der Waals surface area contributed by atoms with E-state index in [1.165, 1.54) is 31.1 Å². The van der Waals surface area contributed by atoms with Crippen molar-refractivity contribution in [2.45, 2.75) is 58.2 Å². The predicted molar refractivity (Wildman–Crippen MR) is 98.0 cm³/mol. The van der Waals surface area contributed by atoms with E-state index in [-0.39, 0.29) is 0 Å². The molecule has 2 aliphatic rings. The van der Waals surface area contributed by atoms with Gasteiger partial charge in [0.15, 0.2) is 0 Å². The highest BCUT2D eigenvalue weighted by molar-refractivity contribution is 8.04. The number of rotatable bonds is 1. The van der Waals surface area contributed by atoms with Crippen LogP contribution >= 0.6 is 11.8 Å². The van der Waals surface area contributed by atoms with E-state index in [0.29, 0.717) is 10.3 Å². The third-order valence-electron chi connectivity index (χ3n) is 3.63. The van der Waals surface area contributed by atoms with Gasteiger partial charge in [0.25, 0.3) is 0 Å². The van der Waals surface area contributed by atoms with Gasteiger partial charge >= 0.3 is 0 Å². The first-order valence-electron chi connectivity index (χ1n) is 8.06. The first-order chi connectivity index (χ1) is 9.58. The smallest absolute Gasteiger partial charge is 0.0126 e. The molecule has 0 bridgehead atoms. The normalized spacial score (nSPS) is 21.0. The molecular formula is C18H34N2S. The maximum absolute atomic E-state index is 2.55. The molecule has 1 fully saturated rings. The van der Waals surface area contributed by atoms with Crippen LogP contribution in [0.2, 0.25) is 0 Å². The number of thioether (sulfide) groups is 1. The number of likely N-dealkylation sites (N-methyl/N-ethyl adjacent to an activating group) is 1. The summed E-state index contributed by atoms with van der Waals surface area (Å²) in [4.78, 5) is 6.43. The van der Waals surface area contributed by atoms with Crippen molar-refractivity contribution in [1.82, 2.24) is 9.80 Å². The van der Waals surface area contributed by atoms with Crippen LogP contribution in [0, 0.1) is 0 Å². The fraction of sp³-hybridized carbons (Fsp3) is 0.778. The van der Waals surface area contributed by atoms with Crippen molar-refractivity contribution >= 4 is 11.8 Å². The summed E-state index contributed by atoms with van der Waals surface area (Å²) in [5.41, 5.74) is 0.362. The van der Waals surface area contributed by atoms with Gasteiger partial charge in [-0.15, -0.1) is 11.8 Å².